The summed E-state index contributed by atoms with van der Waals surface area (Å²) >= 11 is 7.66. The lowest BCUT2D eigenvalue weighted by Crippen LogP contribution is -1.99. The Balaban J connectivity index is 1.77. The molecule has 19 heavy (non-hydrogen) atoms. The molecule has 2 fully saturated rings. The van der Waals surface area contributed by atoms with Crippen LogP contribution in [-0.2, 0) is 0 Å². The van der Waals surface area contributed by atoms with E-state index in [1.54, 1.807) is 0 Å². The molecule has 2 aromatic rings. The van der Waals surface area contributed by atoms with Crippen LogP contribution in [0, 0.1) is 17.8 Å². The van der Waals surface area contributed by atoms with Crippen LogP contribution in [0.5, 0.6) is 0 Å². The van der Waals surface area contributed by atoms with E-state index in [2.05, 4.69) is 68.3 Å². The quantitative estimate of drug-likeness (QED) is 0.554. The third-order valence-electron chi connectivity index (χ3n) is 5.01. The van der Waals surface area contributed by atoms with Crippen molar-refractivity contribution in [1.82, 2.24) is 0 Å². The van der Waals surface area contributed by atoms with Gasteiger partial charge in [0.15, 0.2) is 0 Å². The molecule has 0 aliphatic heterocycles. The fourth-order valence-electron chi connectivity index (χ4n) is 4.04. The van der Waals surface area contributed by atoms with Gasteiger partial charge < -0.3 is 0 Å². The SMILES string of the molecule is Brc1ccc(C(Br)C2C3CCCC32)c2ccccc12. The maximum atomic E-state index is 4.00. The molecule has 2 aliphatic rings. The number of alkyl halides is 1. The van der Waals surface area contributed by atoms with Gasteiger partial charge in [-0.1, -0.05) is 68.6 Å². The molecule has 0 nitrogen and oxygen atoms in total. The highest BCUT2D eigenvalue weighted by molar-refractivity contribution is 9.10. The van der Waals surface area contributed by atoms with Crippen molar-refractivity contribution in [2.45, 2.75) is 24.1 Å². The van der Waals surface area contributed by atoms with E-state index < -0.39 is 0 Å². The Morgan fingerprint density at radius 2 is 1.63 bits per heavy atom. The highest BCUT2D eigenvalue weighted by Gasteiger charge is 2.55. The van der Waals surface area contributed by atoms with E-state index in [0.717, 1.165) is 17.8 Å². The summed E-state index contributed by atoms with van der Waals surface area (Å²) in [6.07, 6.45) is 4.35. The molecule has 0 saturated heterocycles. The minimum Gasteiger partial charge on any atom is -0.0835 e. The smallest absolute Gasteiger partial charge is 0.0435 e. The number of halogens is 2. The monoisotopic (exact) mass is 378 g/mol. The molecular formula is C17H16Br2. The lowest BCUT2D eigenvalue weighted by atomic mass is 9.97. The van der Waals surface area contributed by atoms with E-state index in [1.807, 2.05) is 0 Å². The second-order valence-electron chi connectivity index (χ2n) is 5.92. The van der Waals surface area contributed by atoms with Gasteiger partial charge in [0.05, 0.1) is 0 Å². The third kappa shape index (κ3) is 1.91. The third-order valence-corrected chi connectivity index (χ3v) is 6.81. The van der Waals surface area contributed by atoms with Crippen LogP contribution in [0.4, 0.5) is 0 Å². The van der Waals surface area contributed by atoms with Crippen molar-refractivity contribution in [3.05, 3.63) is 46.4 Å². The van der Waals surface area contributed by atoms with Crippen LogP contribution in [0.15, 0.2) is 40.9 Å². The Morgan fingerprint density at radius 1 is 0.947 bits per heavy atom. The maximum absolute atomic E-state index is 4.00. The van der Waals surface area contributed by atoms with Gasteiger partial charge in [-0.3, -0.25) is 0 Å². The molecule has 2 aromatic carbocycles. The number of hydrogen-bond donors (Lipinski definition) is 0. The molecule has 2 aliphatic carbocycles. The van der Waals surface area contributed by atoms with E-state index in [9.17, 15) is 0 Å². The number of benzene rings is 2. The largest absolute Gasteiger partial charge is 0.0835 e. The molecule has 0 heterocycles. The van der Waals surface area contributed by atoms with Crippen LogP contribution < -0.4 is 0 Å². The zero-order valence-corrected chi connectivity index (χ0v) is 13.8. The van der Waals surface area contributed by atoms with Crippen molar-refractivity contribution < 1.29 is 0 Å². The van der Waals surface area contributed by atoms with Gasteiger partial charge in [0.1, 0.15) is 0 Å². The average Bonchev–Trinajstić information content (AvgIpc) is 2.92. The van der Waals surface area contributed by atoms with E-state index in [4.69, 9.17) is 0 Å². The van der Waals surface area contributed by atoms with Crippen molar-refractivity contribution >= 4 is 42.6 Å². The standard InChI is InChI=1S/C17H16Br2/c18-15-9-8-14(10-4-1-2-5-11(10)15)17(19)16-12-6-3-7-13(12)16/h1-2,4-5,8-9,12-13,16-17H,3,6-7H2. The first kappa shape index (κ1) is 12.4. The van der Waals surface area contributed by atoms with Crippen LogP contribution in [0.2, 0.25) is 0 Å². The first-order chi connectivity index (χ1) is 9.27. The molecule has 4 rings (SSSR count). The summed E-state index contributed by atoms with van der Waals surface area (Å²) in [5.74, 6) is 2.86. The van der Waals surface area contributed by atoms with Gasteiger partial charge in [0.25, 0.3) is 0 Å². The van der Waals surface area contributed by atoms with Crippen LogP contribution in [-0.4, -0.2) is 0 Å². The lowest BCUT2D eigenvalue weighted by Gasteiger charge is -2.16. The second kappa shape index (κ2) is 4.60. The Morgan fingerprint density at radius 3 is 2.37 bits per heavy atom. The van der Waals surface area contributed by atoms with Gasteiger partial charge in [-0.25, -0.2) is 0 Å². The normalized spacial score (nSPS) is 30.3. The molecule has 0 radical (unpaired) electrons. The fraction of sp³-hybridized carbons (Fsp3) is 0.412. The maximum Gasteiger partial charge on any atom is 0.0435 e. The van der Waals surface area contributed by atoms with E-state index in [0.29, 0.717) is 4.83 Å². The van der Waals surface area contributed by atoms with Gasteiger partial charge in [-0.05, 0) is 53.0 Å². The fourth-order valence-corrected chi connectivity index (χ4v) is 5.71. The first-order valence-corrected chi connectivity index (χ1v) is 8.79. The average molecular weight is 380 g/mol. The Kier molecular flexibility index (Phi) is 3.00. The van der Waals surface area contributed by atoms with Gasteiger partial charge in [-0.15, -0.1) is 0 Å². The predicted molar refractivity (Wildman–Crippen MR) is 87.6 cm³/mol. The molecule has 3 atom stereocenters. The number of fused-ring (bicyclic) bond motifs is 2. The predicted octanol–water partition coefficient (Wildman–Crippen LogP) is 6.08. The van der Waals surface area contributed by atoms with Crippen molar-refractivity contribution in [2.75, 3.05) is 0 Å². The van der Waals surface area contributed by atoms with E-state index >= 15 is 0 Å². The molecule has 3 unspecified atom stereocenters. The minimum absolute atomic E-state index is 0.529. The molecule has 0 amide bonds. The lowest BCUT2D eigenvalue weighted by molar-refractivity contribution is 0.584. The molecule has 2 heteroatoms. The van der Waals surface area contributed by atoms with Crippen LogP contribution in [0.3, 0.4) is 0 Å². The van der Waals surface area contributed by atoms with Gasteiger partial charge in [0.2, 0.25) is 0 Å². The minimum atomic E-state index is 0.529. The van der Waals surface area contributed by atoms with Gasteiger partial charge >= 0.3 is 0 Å². The second-order valence-corrected chi connectivity index (χ2v) is 7.76. The summed E-state index contributed by atoms with van der Waals surface area (Å²) in [5.41, 5.74) is 1.47. The van der Waals surface area contributed by atoms with Crippen LogP contribution in [0.25, 0.3) is 10.8 Å². The zero-order valence-electron chi connectivity index (χ0n) is 10.7. The summed E-state index contributed by atoms with van der Waals surface area (Å²) in [6.45, 7) is 0. The van der Waals surface area contributed by atoms with Gasteiger partial charge in [-0.2, -0.15) is 0 Å². The molecule has 0 spiro atoms. The summed E-state index contributed by atoms with van der Waals surface area (Å²) in [5, 5.41) is 2.72. The number of rotatable bonds is 2. The topological polar surface area (TPSA) is 0 Å². The summed E-state index contributed by atoms with van der Waals surface area (Å²) < 4.78 is 1.20. The van der Waals surface area contributed by atoms with Crippen molar-refractivity contribution in [3.63, 3.8) is 0 Å². The molecule has 0 bridgehead atoms. The van der Waals surface area contributed by atoms with Gasteiger partial charge in [0, 0.05) is 9.30 Å². The first-order valence-electron chi connectivity index (χ1n) is 7.08. The van der Waals surface area contributed by atoms with Crippen molar-refractivity contribution in [1.29, 1.82) is 0 Å². The highest BCUT2D eigenvalue weighted by Crippen LogP contribution is 2.64. The summed E-state index contributed by atoms with van der Waals surface area (Å²) in [7, 11) is 0. The zero-order chi connectivity index (χ0) is 13.0. The summed E-state index contributed by atoms with van der Waals surface area (Å²) in [4.78, 5) is 0.529. The Bertz CT molecular complexity index is 624. The molecule has 2 saturated carbocycles. The molecule has 0 N–H and O–H groups in total. The summed E-state index contributed by atoms with van der Waals surface area (Å²) in [6, 6.07) is 13.2. The number of hydrogen-bond acceptors (Lipinski definition) is 0. The molecule has 0 aromatic heterocycles. The Hall–Kier alpha value is -0.340. The molecular weight excluding hydrogens is 364 g/mol. The van der Waals surface area contributed by atoms with E-state index in [-0.39, 0.29) is 0 Å². The van der Waals surface area contributed by atoms with Crippen molar-refractivity contribution in [2.24, 2.45) is 17.8 Å². The van der Waals surface area contributed by atoms with Crippen LogP contribution >= 0.6 is 31.9 Å². The van der Waals surface area contributed by atoms with Crippen LogP contribution in [0.1, 0.15) is 29.7 Å². The highest BCUT2D eigenvalue weighted by atomic mass is 79.9. The molecule has 98 valence electrons. The van der Waals surface area contributed by atoms with Crippen molar-refractivity contribution in [3.8, 4) is 0 Å². The Labute approximate surface area is 130 Å². The van der Waals surface area contributed by atoms with E-state index in [1.165, 1.54) is 40.1 Å².